The van der Waals surface area contributed by atoms with E-state index in [1.807, 2.05) is 24.3 Å². The molecule has 8 heteroatoms. The molecule has 0 saturated carbocycles. The molecule has 0 aliphatic carbocycles. The second-order valence-corrected chi connectivity index (χ2v) is 6.27. The first-order valence-corrected chi connectivity index (χ1v) is 7.82. The number of nitrogens with one attached hydrogen (secondary N) is 3. The lowest BCUT2D eigenvalue weighted by atomic mass is 10.1. The number of rotatable bonds is 2. The summed E-state index contributed by atoms with van der Waals surface area (Å²) in [7, 11) is 0. The maximum Gasteiger partial charge on any atom is 0.320 e. The van der Waals surface area contributed by atoms with Crippen molar-refractivity contribution in [3.8, 4) is 0 Å². The van der Waals surface area contributed by atoms with Crippen LogP contribution in [0.15, 0.2) is 24.3 Å². The number of anilines is 1. The molecule has 1 saturated heterocycles. The van der Waals surface area contributed by atoms with Gasteiger partial charge in [-0.15, -0.1) is 11.3 Å². The molecule has 0 spiro atoms. The van der Waals surface area contributed by atoms with E-state index in [0.717, 1.165) is 10.1 Å². The van der Waals surface area contributed by atoms with Gasteiger partial charge in [-0.05, 0) is 12.5 Å². The zero-order chi connectivity index (χ0) is 15.7. The molecular weight excluding hydrogens is 326 g/mol. The number of thiophene rings is 1. The van der Waals surface area contributed by atoms with Gasteiger partial charge in [-0.1, -0.05) is 29.8 Å². The molecular formula is C14H12ClN3O3S. The van der Waals surface area contributed by atoms with E-state index >= 15 is 0 Å². The summed E-state index contributed by atoms with van der Waals surface area (Å²) in [6.45, 7) is 0. The Bertz CT molecular complexity index is 774. The number of carbonyl (C=O) groups excluding carboxylic acids is 3. The van der Waals surface area contributed by atoms with Crippen LogP contribution in [0.5, 0.6) is 0 Å². The Kier molecular flexibility index (Phi) is 4.00. The van der Waals surface area contributed by atoms with Crippen molar-refractivity contribution in [3.05, 3.63) is 29.3 Å². The minimum atomic E-state index is -0.717. The van der Waals surface area contributed by atoms with Crippen molar-refractivity contribution in [3.63, 3.8) is 0 Å². The van der Waals surface area contributed by atoms with E-state index in [9.17, 15) is 14.4 Å². The number of halogens is 1. The molecule has 1 fully saturated rings. The van der Waals surface area contributed by atoms with E-state index in [2.05, 4.69) is 16.0 Å². The predicted octanol–water partition coefficient (Wildman–Crippen LogP) is 2.48. The minimum Gasteiger partial charge on any atom is -0.326 e. The van der Waals surface area contributed by atoms with E-state index in [1.165, 1.54) is 11.3 Å². The lowest BCUT2D eigenvalue weighted by Gasteiger charge is -2.21. The van der Waals surface area contributed by atoms with Gasteiger partial charge in [0.15, 0.2) is 0 Å². The lowest BCUT2D eigenvalue weighted by Crippen LogP contribution is -2.53. The van der Waals surface area contributed by atoms with Gasteiger partial charge in [0.05, 0.1) is 5.02 Å². The standard InChI is InChI=1S/C14H12ClN3O3S/c15-11-7-3-1-2-4-9(7)22-13(11)18-14(21)16-8-5-6-10(19)17-12(8)20/h1-4,8H,5-6H2,(H2,16,18,21)(H,17,19,20). The molecule has 22 heavy (non-hydrogen) atoms. The molecule has 4 amide bonds. The fraction of sp³-hybridized carbons (Fsp3) is 0.214. The Morgan fingerprint density at radius 2 is 2.09 bits per heavy atom. The molecule has 1 atom stereocenters. The highest BCUT2D eigenvalue weighted by atomic mass is 35.5. The number of hydrogen-bond acceptors (Lipinski definition) is 4. The summed E-state index contributed by atoms with van der Waals surface area (Å²) < 4.78 is 0.962. The summed E-state index contributed by atoms with van der Waals surface area (Å²) in [4.78, 5) is 34.7. The SMILES string of the molecule is O=C1CCC(NC(=O)Nc2sc3ccccc3c2Cl)C(=O)N1. The third kappa shape index (κ3) is 2.90. The van der Waals surface area contributed by atoms with E-state index in [0.29, 0.717) is 10.0 Å². The largest absolute Gasteiger partial charge is 0.326 e. The first kappa shape index (κ1) is 14.8. The van der Waals surface area contributed by atoms with Crippen LogP contribution in [0.2, 0.25) is 5.02 Å². The van der Waals surface area contributed by atoms with Crippen molar-refractivity contribution in [1.29, 1.82) is 0 Å². The number of hydrogen-bond donors (Lipinski definition) is 3. The number of imide groups is 1. The zero-order valence-corrected chi connectivity index (χ0v) is 12.9. The summed E-state index contributed by atoms with van der Waals surface area (Å²) in [6.07, 6.45) is 0.499. The molecule has 1 aliphatic rings. The second kappa shape index (κ2) is 5.94. The average molecular weight is 338 g/mol. The van der Waals surface area contributed by atoms with Gasteiger partial charge >= 0.3 is 6.03 Å². The molecule has 3 N–H and O–H groups in total. The predicted molar refractivity (Wildman–Crippen MR) is 85.2 cm³/mol. The third-order valence-corrected chi connectivity index (χ3v) is 4.90. The van der Waals surface area contributed by atoms with Crippen LogP contribution in [0.25, 0.3) is 10.1 Å². The van der Waals surface area contributed by atoms with Crippen LogP contribution in [0.1, 0.15) is 12.8 Å². The van der Waals surface area contributed by atoms with Gasteiger partial charge < -0.3 is 5.32 Å². The van der Waals surface area contributed by atoms with Crippen LogP contribution in [-0.4, -0.2) is 23.9 Å². The van der Waals surface area contributed by atoms with Crippen molar-refractivity contribution < 1.29 is 14.4 Å². The lowest BCUT2D eigenvalue weighted by molar-refractivity contribution is -0.134. The van der Waals surface area contributed by atoms with E-state index in [-0.39, 0.29) is 18.7 Å². The number of piperidine rings is 1. The molecule has 0 radical (unpaired) electrons. The fourth-order valence-corrected chi connectivity index (χ4v) is 3.60. The van der Waals surface area contributed by atoms with Gasteiger partial charge in [0.25, 0.3) is 0 Å². The van der Waals surface area contributed by atoms with Crippen LogP contribution in [0, 0.1) is 0 Å². The fourth-order valence-electron chi connectivity index (χ4n) is 2.22. The van der Waals surface area contributed by atoms with E-state index < -0.39 is 18.0 Å². The monoisotopic (exact) mass is 337 g/mol. The molecule has 114 valence electrons. The number of benzene rings is 1. The Morgan fingerprint density at radius 1 is 1.32 bits per heavy atom. The normalized spacial score (nSPS) is 18.1. The number of fused-ring (bicyclic) bond motifs is 1. The first-order chi connectivity index (χ1) is 10.5. The molecule has 1 unspecified atom stereocenters. The highest BCUT2D eigenvalue weighted by molar-refractivity contribution is 7.23. The third-order valence-electron chi connectivity index (χ3n) is 3.31. The van der Waals surface area contributed by atoms with Gasteiger partial charge in [-0.3, -0.25) is 20.2 Å². The summed E-state index contributed by atoms with van der Waals surface area (Å²) in [5.41, 5.74) is 0. The summed E-state index contributed by atoms with van der Waals surface area (Å²) in [5.74, 6) is -0.815. The quantitative estimate of drug-likeness (QED) is 0.736. The van der Waals surface area contributed by atoms with Crippen molar-refractivity contribution in [2.24, 2.45) is 0 Å². The van der Waals surface area contributed by atoms with Crippen LogP contribution in [0.3, 0.4) is 0 Å². The molecule has 1 aromatic carbocycles. The first-order valence-electron chi connectivity index (χ1n) is 6.63. The molecule has 3 rings (SSSR count). The average Bonchev–Trinajstić information content (AvgIpc) is 2.79. The van der Waals surface area contributed by atoms with Crippen molar-refractivity contribution in [1.82, 2.24) is 10.6 Å². The maximum absolute atomic E-state index is 12.0. The highest BCUT2D eigenvalue weighted by Crippen LogP contribution is 2.39. The summed E-state index contributed by atoms with van der Waals surface area (Å²) in [6, 6.07) is 6.30. The molecule has 2 heterocycles. The molecule has 1 aliphatic heterocycles. The van der Waals surface area contributed by atoms with Crippen molar-refractivity contribution in [2.45, 2.75) is 18.9 Å². The minimum absolute atomic E-state index is 0.209. The Hall–Kier alpha value is -2.12. The number of amides is 4. The van der Waals surface area contributed by atoms with Crippen LogP contribution in [0.4, 0.5) is 9.80 Å². The topological polar surface area (TPSA) is 87.3 Å². The van der Waals surface area contributed by atoms with Crippen LogP contribution < -0.4 is 16.0 Å². The van der Waals surface area contributed by atoms with Gasteiger partial charge in [0, 0.05) is 16.5 Å². The summed E-state index contributed by atoms with van der Waals surface area (Å²) >= 11 is 7.59. The number of carbonyl (C=O) groups is 3. The molecule has 6 nitrogen and oxygen atoms in total. The van der Waals surface area contributed by atoms with Crippen LogP contribution >= 0.6 is 22.9 Å². The smallest absolute Gasteiger partial charge is 0.320 e. The highest BCUT2D eigenvalue weighted by Gasteiger charge is 2.28. The van der Waals surface area contributed by atoms with E-state index in [1.54, 1.807) is 0 Å². The molecule has 0 bridgehead atoms. The summed E-state index contributed by atoms with van der Waals surface area (Å²) in [5, 5.41) is 9.24. The van der Waals surface area contributed by atoms with Gasteiger partial charge in [0.2, 0.25) is 11.8 Å². The Labute approximate surface area is 134 Å². The van der Waals surface area contributed by atoms with Gasteiger partial charge in [-0.25, -0.2) is 4.79 Å². The number of urea groups is 1. The Morgan fingerprint density at radius 3 is 2.82 bits per heavy atom. The zero-order valence-electron chi connectivity index (χ0n) is 11.3. The molecule has 1 aromatic heterocycles. The van der Waals surface area contributed by atoms with Crippen molar-refractivity contribution >= 4 is 55.9 Å². The van der Waals surface area contributed by atoms with E-state index in [4.69, 9.17) is 11.6 Å². The van der Waals surface area contributed by atoms with Crippen LogP contribution in [-0.2, 0) is 9.59 Å². The van der Waals surface area contributed by atoms with Crippen molar-refractivity contribution in [2.75, 3.05) is 5.32 Å². The van der Waals surface area contributed by atoms with Gasteiger partial charge in [-0.2, -0.15) is 0 Å². The maximum atomic E-state index is 12.0. The Balaban J connectivity index is 1.69. The second-order valence-electron chi connectivity index (χ2n) is 4.84. The van der Waals surface area contributed by atoms with Gasteiger partial charge in [0.1, 0.15) is 11.0 Å². The molecule has 2 aromatic rings.